The van der Waals surface area contributed by atoms with Crippen LogP contribution in [0.4, 0.5) is 0 Å². The lowest BCUT2D eigenvalue weighted by molar-refractivity contribution is -0.130. The zero-order valence-electron chi connectivity index (χ0n) is 15.7. The van der Waals surface area contributed by atoms with E-state index in [1.54, 1.807) is 16.7 Å². The number of thioether (sulfide) groups is 1. The number of tetrazole rings is 1. The van der Waals surface area contributed by atoms with Gasteiger partial charge in [-0.1, -0.05) is 42.1 Å². The van der Waals surface area contributed by atoms with Crippen LogP contribution in [0.3, 0.4) is 0 Å². The van der Waals surface area contributed by atoms with Crippen LogP contribution in [0.15, 0.2) is 35.5 Å². The van der Waals surface area contributed by atoms with E-state index in [4.69, 9.17) is 0 Å². The van der Waals surface area contributed by atoms with E-state index in [2.05, 4.69) is 15.5 Å². The number of carbonyl (C=O) groups excluding carboxylic acids is 1. The molecule has 1 fully saturated rings. The molecular weight excluding hydrogens is 362 g/mol. The van der Waals surface area contributed by atoms with Gasteiger partial charge >= 0.3 is 0 Å². The normalized spacial score (nSPS) is 19.8. The number of aliphatic hydroxyl groups is 1. The molecule has 7 nitrogen and oxygen atoms in total. The highest BCUT2D eigenvalue weighted by atomic mass is 32.2. The zero-order chi connectivity index (χ0) is 19.1. The van der Waals surface area contributed by atoms with Gasteiger partial charge in [0.2, 0.25) is 11.1 Å². The molecule has 0 radical (unpaired) electrons. The average molecular weight is 390 g/mol. The highest BCUT2D eigenvalue weighted by Gasteiger charge is 2.24. The van der Waals surface area contributed by atoms with Gasteiger partial charge in [-0.25, -0.2) is 4.68 Å². The number of hydrogen-bond acceptors (Lipinski definition) is 6. The van der Waals surface area contributed by atoms with Gasteiger partial charge in [-0.2, -0.15) is 0 Å². The second-order valence-electron chi connectivity index (χ2n) is 7.06. The number of benzene rings is 1. The summed E-state index contributed by atoms with van der Waals surface area (Å²) < 4.78 is 1.89. The van der Waals surface area contributed by atoms with E-state index < -0.39 is 0 Å². The van der Waals surface area contributed by atoms with E-state index in [1.807, 2.05) is 42.1 Å². The summed E-state index contributed by atoms with van der Waals surface area (Å²) in [5.74, 6) is 0.959. The third-order valence-corrected chi connectivity index (χ3v) is 5.95. The summed E-state index contributed by atoms with van der Waals surface area (Å²) in [6.07, 6.45) is 4.54. The average Bonchev–Trinajstić information content (AvgIpc) is 3.15. The van der Waals surface area contributed by atoms with E-state index in [9.17, 15) is 9.90 Å². The number of nitrogens with zero attached hydrogens (tertiary/aromatic N) is 5. The first-order valence-electron chi connectivity index (χ1n) is 9.50. The summed E-state index contributed by atoms with van der Waals surface area (Å²) >= 11 is 1.60. The van der Waals surface area contributed by atoms with Crippen molar-refractivity contribution in [3.05, 3.63) is 35.9 Å². The van der Waals surface area contributed by atoms with E-state index in [1.165, 1.54) is 0 Å². The molecule has 1 aromatic heterocycles. The van der Waals surface area contributed by atoms with Gasteiger partial charge in [0.15, 0.2) is 0 Å². The third-order valence-electron chi connectivity index (χ3n) is 4.93. The van der Waals surface area contributed by atoms with Crippen molar-refractivity contribution in [1.29, 1.82) is 0 Å². The number of rotatable bonds is 8. The van der Waals surface area contributed by atoms with Crippen LogP contribution in [0.1, 0.15) is 50.1 Å². The fraction of sp³-hybridized carbons (Fsp3) is 0.579. The van der Waals surface area contributed by atoms with Gasteiger partial charge < -0.3 is 10.0 Å². The second kappa shape index (κ2) is 9.85. The molecule has 0 bridgehead atoms. The van der Waals surface area contributed by atoms with Crippen molar-refractivity contribution >= 4 is 17.7 Å². The van der Waals surface area contributed by atoms with Crippen LogP contribution in [0.2, 0.25) is 0 Å². The van der Waals surface area contributed by atoms with Crippen molar-refractivity contribution in [1.82, 2.24) is 25.1 Å². The standard InChI is InChI=1S/C19H27N5O2S/c1-23(14-15-6-3-2-4-7-15)18(26)8-5-13-27-19-20-21-22-24(19)16-9-11-17(25)12-10-16/h2-4,6-7,16-17,25H,5,8-14H2,1H3. The van der Waals surface area contributed by atoms with Crippen molar-refractivity contribution in [2.75, 3.05) is 12.8 Å². The molecule has 1 N–H and O–H groups in total. The van der Waals surface area contributed by atoms with Crippen molar-refractivity contribution < 1.29 is 9.90 Å². The number of aliphatic hydroxyl groups excluding tert-OH is 1. The van der Waals surface area contributed by atoms with Gasteiger partial charge in [-0.15, -0.1) is 5.10 Å². The second-order valence-corrected chi connectivity index (χ2v) is 8.12. The van der Waals surface area contributed by atoms with Crippen molar-refractivity contribution in [3.63, 3.8) is 0 Å². The molecule has 0 saturated heterocycles. The molecule has 0 spiro atoms. The predicted molar refractivity (Wildman–Crippen MR) is 104 cm³/mol. The lowest BCUT2D eigenvalue weighted by atomic mass is 9.93. The maximum absolute atomic E-state index is 12.3. The summed E-state index contributed by atoms with van der Waals surface area (Å²) in [7, 11) is 1.85. The maximum Gasteiger partial charge on any atom is 0.222 e. The van der Waals surface area contributed by atoms with E-state index in [-0.39, 0.29) is 18.1 Å². The molecule has 0 aliphatic heterocycles. The smallest absolute Gasteiger partial charge is 0.222 e. The van der Waals surface area contributed by atoms with Crippen LogP contribution in [0.25, 0.3) is 0 Å². The number of aromatic nitrogens is 4. The van der Waals surface area contributed by atoms with Crippen LogP contribution < -0.4 is 0 Å². The Hall–Kier alpha value is -1.93. The Kier molecular flexibility index (Phi) is 7.23. The Morgan fingerprint density at radius 1 is 1.26 bits per heavy atom. The summed E-state index contributed by atoms with van der Waals surface area (Å²) in [5.41, 5.74) is 1.14. The van der Waals surface area contributed by atoms with Crippen LogP contribution >= 0.6 is 11.8 Å². The van der Waals surface area contributed by atoms with E-state index in [0.29, 0.717) is 13.0 Å². The molecule has 2 aromatic rings. The minimum Gasteiger partial charge on any atom is -0.393 e. The number of amides is 1. The van der Waals surface area contributed by atoms with Gasteiger partial charge in [0, 0.05) is 25.8 Å². The minimum absolute atomic E-state index is 0.153. The van der Waals surface area contributed by atoms with E-state index in [0.717, 1.165) is 48.6 Å². The molecule has 1 saturated carbocycles. The topological polar surface area (TPSA) is 84.1 Å². The number of hydrogen-bond donors (Lipinski definition) is 1. The Bertz CT molecular complexity index is 716. The predicted octanol–water partition coefficient (Wildman–Crippen LogP) is 2.68. The fourth-order valence-corrected chi connectivity index (χ4v) is 4.22. The quantitative estimate of drug-likeness (QED) is 0.552. The molecule has 1 aliphatic carbocycles. The van der Waals surface area contributed by atoms with Crippen molar-refractivity contribution in [2.24, 2.45) is 0 Å². The Morgan fingerprint density at radius 3 is 2.74 bits per heavy atom. The lowest BCUT2D eigenvalue weighted by Crippen LogP contribution is -2.26. The zero-order valence-corrected chi connectivity index (χ0v) is 16.5. The van der Waals surface area contributed by atoms with Crippen molar-refractivity contribution in [3.8, 4) is 0 Å². The van der Waals surface area contributed by atoms with Gasteiger partial charge in [-0.3, -0.25) is 4.79 Å². The van der Waals surface area contributed by atoms with Crippen molar-refractivity contribution in [2.45, 2.75) is 62.4 Å². The monoisotopic (exact) mass is 389 g/mol. The molecule has 27 heavy (non-hydrogen) atoms. The Morgan fingerprint density at radius 2 is 2.00 bits per heavy atom. The Labute approximate surface area is 164 Å². The molecule has 146 valence electrons. The van der Waals surface area contributed by atoms with Crippen LogP contribution in [0.5, 0.6) is 0 Å². The molecule has 1 aromatic carbocycles. The van der Waals surface area contributed by atoms with Gasteiger partial charge in [-0.05, 0) is 48.1 Å². The summed E-state index contributed by atoms with van der Waals surface area (Å²) in [6.45, 7) is 0.637. The molecule has 1 aliphatic rings. The molecular formula is C19H27N5O2S. The summed E-state index contributed by atoms with van der Waals surface area (Å²) in [6, 6.07) is 10.3. The van der Waals surface area contributed by atoms with Gasteiger partial charge in [0.05, 0.1) is 12.1 Å². The highest BCUT2D eigenvalue weighted by molar-refractivity contribution is 7.99. The van der Waals surface area contributed by atoms with E-state index >= 15 is 0 Å². The summed E-state index contributed by atoms with van der Waals surface area (Å²) in [4.78, 5) is 14.1. The third kappa shape index (κ3) is 5.77. The van der Waals surface area contributed by atoms with Gasteiger partial charge in [0.1, 0.15) is 0 Å². The first kappa shape index (κ1) is 19.8. The maximum atomic E-state index is 12.3. The highest BCUT2D eigenvalue weighted by Crippen LogP contribution is 2.30. The molecule has 8 heteroatoms. The molecule has 1 amide bonds. The summed E-state index contributed by atoms with van der Waals surface area (Å²) in [5, 5.41) is 22.5. The fourth-order valence-electron chi connectivity index (χ4n) is 3.34. The molecule has 1 heterocycles. The SMILES string of the molecule is CN(Cc1ccccc1)C(=O)CCCSc1nnnn1C1CCC(O)CC1. The largest absolute Gasteiger partial charge is 0.393 e. The molecule has 3 rings (SSSR count). The first-order valence-corrected chi connectivity index (χ1v) is 10.5. The van der Waals surface area contributed by atoms with Crippen LogP contribution in [0, 0.1) is 0 Å². The minimum atomic E-state index is -0.187. The Balaban J connectivity index is 1.40. The van der Waals surface area contributed by atoms with Crippen LogP contribution in [-0.2, 0) is 11.3 Å². The molecule has 0 unspecified atom stereocenters. The van der Waals surface area contributed by atoms with Gasteiger partial charge in [0.25, 0.3) is 0 Å². The lowest BCUT2D eigenvalue weighted by Gasteiger charge is -2.25. The molecule has 0 atom stereocenters. The number of carbonyl (C=O) groups is 1. The van der Waals surface area contributed by atoms with Crippen LogP contribution in [-0.4, -0.2) is 55.0 Å². The first-order chi connectivity index (χ1) is 13.1.